The molecule has 3 aromatic rings. The lowest BCUT2D eigenvalue weighted by atomic mass is 9.82. The standard InChI is InChI=1S/C31H39N5O4/c1-40-24-12-13-25-26(21-33-27(25)20-24)29(37)31(39)36(19-18-35-16-14-32-15-17-35)28(22-8-4-2-5-9-22)30(38)34-23-10-6-3-7-11-23/h3,6-7,10-13,20-22,28,32-33H,2,4-5,8-9,14-19H2,1H3,(H,34,38). The van der Waals surface area contributed by atoms with E-state index in [-0.39, 0.29) is 11.8 Å². The van der Waals surface area contributed by atoms with E-state index in [0.717, 1.165) is 58.3 Å². The Morgan fingerprint density at radius 2 is 1.80 bits per heavy atom. The summed E-state index contributed by atoms with van der Waals surface area (Å²) in [5, 5.41) is 7.05. The molecule has 2 aliphatic rings. The highest BCUT2D eigenvalue weighted by Gasteiger charge is 2.40. The predicted octanol–water partition coefficient (Wildman–Crippen LogP) is 3.68. The maximum absolute atomic E-state index is 14.1. The minimum absolute atomic E-state index is 0.00975. The van der Waals surface area contributed by atoms with Crippen LogP contribution in [0.25, 0.3) is 10.9 Å². The summed E-state index contributed by atoms with van der Waals surface area (Å²) >= 11 is 0. The molecule has 5 rings (SSSR count). The number of piperazine rings is 1. The summed E-state index contributed by atoms with van der Waals surface area (Å²) in [7, 11) is 1.59. The van der Waals surface area contributed by atoms with E-state index >= 15 is 0 Å². The molecule has 1 unspecified atom stereocenters. The molecule has 2 fully saturated rings. The molecule has 40 heavy (non-hydrogen) atoms. The topological polar surface area (TPSA) is 107 Å². The van der Waals surface area contributed by atoms with E-state index in [1.165, 1.54) is 0 Å². The van der Waals surface area contributed by atoms with Crippen molar-refractivity contribution in [1.82, 2.24) is 20.1 Å². The van der Waals surface area contributed by atoms with E-state index < -0.39 is 17.7 Å². The second-order valence-corrected chi connectivity index (χ2v) is 10.7. The second kappa shape index (κ2) is 13.1. The average molecular weight is 546 g/mol. The number of anilines is 1. The Morgan fingerprint density at radius 1 is 1.05 bits per heavy atom. The number of ether oxygens (including phenoxy) is 1. The highest BCUT2D eigenvalue weighted by atomic mass is 16.5. The molecule has 1 atom stereocenters. The van der Waals surface area contributed by atoms with Gasteiger partial charge in [-0.2, -0.15) is 0 Å². The van der Waals surface area contributed by atoms with E-state index in [2.05, 4.69) is 20.5 Å². The number of ketones is 1. The van der Waals surface area contributed by atoms with Gasteiger partial charge in [-0.1, -0.05) is 37.5 Å². The van der Waals surface area contributed by atoms with E-state index in [9.17, 15) is 14.4 Å². The Kier molecular flexibility index (Phi) is 9.13. The van der Waals surface area contributed by atoms with Gasteiger partial charge in [0.1, 0.15) is 11.8 Å². The van der Waals surface area contributed by atoms with E-state index in [4.69, 9.17) is 4.74 Å². The number of aromatic nitrogens is 1. The lowest BCUT2D eigenvalue weighted by Gasteiger charge is -2.39. The van der Waals surface area contributed by atoms with Crippen molar-refractivity contribution in [2.24, 2.45) is 5.92 Å². The molecule has 2 heterocycles. The number of methoxy groups -OCH3 is 1. The van der Waals surface area contributed by atoms with Crippen LogP contribution >= 0.6 is 0 Å². The second-order valence-electron chi connectivity index (χ2n) is 10.7. The molecule has 1 saturated carbocycles. The molecular weight excluding hydrogens is 506 g/mol. The van der Waals surface area contributed by atoms with Gasteiger partial charge in [0.25, 0.3) is 11.7 Å². The molecule has 3 N–H and O–H groups in total. The summed E-state index contributed by atoms with van der Waals surface area (Å²) in [4.78, 5) is 48.9. The highest BCUT2D eigenvalue weighted by molar-refractivity contribution is 6.45. The molecular formula is C31H39N5O4. The van der Waals surface area contributed by atoms with Crippen molar-refractivity contribution < 1.29 is 19.1 Å². The number of fused-ring (bicyclic) bond motifs is 1. The zero-order valence-corrected chi connectivity index (χ0v) is 23.2. The van der Waals surface area contributed by atoms with Gasteiger partial charge in [-0.3, -0.25) is 19.3 Å². The maximum atomic E-state index is 14.1. The summed E-state index contributed by atoms with van der Waals surface area (Å²) in [5.74, 6) is -0.823. The monoisotopic (exact) mass is 545 g/mol. The van der Waals surface area contributed by atoms with Crippen molar-refractivity contribution in [1.29, 1.82) is 0 Å². The smallest absolute Gasteiger partial charge is 0.295 e. The lowest BCUT2D eigenvalue weighted by Crippen LogP contribution is -2.56. The number of benzene rings is 2. The number of H-pyrrole nitrogens is 1. The van der Waals surface area contributed by atoms with Crippen LogP contribution in [-0.4, -0.2) is 84.8 Å². The molecule has 2 aromatic carbocycles. The first-order valence-corrected chi connectivity index (χ1v) is 14.3. The number of carbonyl (C=O) groups is 3. The molecule has 212 valence electrons. The first kappa shape index (κ1) is 27.9. The highest BCUT2D eigenvalue weighted by Crippen LogP contribution is 2.31. The van der Waals surface area contributed by atoms with Crippen LogP contribution < -0.4 is 15.4 Å². The summed E-state index contributed by atoms with van der Waals surface area (Å²) in [5.41, 5.74) is 1.70. The van der Waals surface area contributed by atoms with Crippen molar-refractivity contribution in [3.63, 3.8) is 0 Å². The first-order chi connectivity index (χ1) is 19.5. The van der Waals surface area contributed by atoms with Gasteiger partial charge in [0.05, 0.1) is 12.7 Å². The van der Waals surface area contributed by atoms with Crippen LogP contribution in [0.2, 0.25) is 0 Å². The van der Waals surface area contributed by atoms with Crippen LogP contribution in [0.1, 0.15) is 42.5 Å². The van der Waals surface area contributed by atoms with Crippen molar-refractivity contribution in [3.05, 3.63) is 60.3 Å². The number of aromatic amines is 1. The number of hydrogen-bond donors (Lipinski definition) is 3. The third-order valence-electron chi connectivity index (χ3n) is 8.20. The van der Waals surface area contributed by atoms with Crippen molar-refractivity contribution >= 4 is 34.2 Å². The molecule has 0 spiro atoms. The third-order valence-corrected chi connectivity index (χ3v) is 8.20. The maximum Gasteiger partial charge on any atom is 0.295 e. The van der Waals surface area contributed by atoms with E-state index in [0.29, 0.717) is 41.0 Å². The van der Waals surface area contributed by atoms with Gasteiger partial charge in [-0.05, 0) is 43.0 Å². The van der Waals surface area contributed by atoms with Crippen LogP contribution in [-0.2, 0) is 9.59 Å². The van der Waals surface area contributed by atoms with Crippen LogP contribution in [0.15, 0.2) is 54.7 Å². The van der Waals surface area contributed by atoms with Crippen molar-refractivity contribution in [2.75, 3.05) is 51.7 Å². The van der Waals surface area contributed by atoms with Gasteiger partial charge in [0, 0.05) is 68.1 Å². The number of carbonyl (C=O) groups excluding carboxylic acids is 3. The minimum Gasteiger partial charge on any atom is -0.497 e. The Morgan fingerprint density at radius 3 is 2.52 bits per heavy atom. The quantitative estimate of drug-likeness (QED) is 0.265. The number of para-hydroxylation sites is 1. The molecule has 9 nitrogen and oxygen atoms in total. The van der Waals surface area contributed by atoms with Gasteiger partial charge < -0.3 is 25.3 Å². The number of Topliss-reactive ketones (excluding diaryl/α,β-unsaturated/α-hetero) is 1. The molecule has 1 aromatic heterocycles. The summed E-state index contributed by atoms with van der Waals surface area (Å²) < 4.78 is 5.31. The van der Waals surface area contributed by atoms with Crippen LogP contribution in [0.4, 0.5) is 5.69 Å². The molecule has 1 aliphatic carbocycles. The molecule has 1 saturated heterocycles. The van der Waals surface area contributed by atoms with Gasteiger partial charge >= 0.3 is 0 Å². The number of amides is 2. The summed E-state index contributed by atoms with van der Waals surface area (Å²) in [6.45, 7) is 4.41. The van der Waals surface area contributed by atoms with Gasteiger partial charge in [0.2, 0.25) is 5.91 Å². The van der Waals surface area contributed by atoms with Crippen LogP contribution in [0.3, 0.4) is 0 Å². The van der Waals surface area contributed by atoms with Crippen LogP contribution in [0.5, 0.6) is 5.75 Å². The van der Waals surface area contributed by atoms with E-state index in [1.54, 1.807) is 36.4 Å². The van der Waals surface area contributed by atoms with Gasteiger partial charge in [0.15, 0.2) is 0 Å². The van der Waals surface area contributed by atoms with Gasteiger partial charge in [-0.25, -0.2) is 0 Å². The Labute approximate surface area is 235 Å². The fourth-order valence-electron chi connectivity index (χ4n) is 6.01. The van der Waals surface area contributed by atoms with Crippen molar-refractivity contribution in [2.45, 2.75) is 38.1 Å². The summed E-state index contributed by atoms with van der Waals surface area (Å²) in [6.07, 6.45) is 6.43. The van der Waals surface area contributed by atoms with Crippen LogP contribution in [0, 0.1) is 5.92 Å². The molecule has 0 bridgehead atoms. The first-order valence-electron chi connectivity index (χ1n) is 14.3. The third kappa shape index (κ3) is 6.37. The Balaban J connectivity index is 1.47. The zero-order valence-electron chi connectivity index (χ0n) is 23.2. The van der Waals surface area contributed by atoms with E-state index in [1.807, 2.05) is 30.3 Å². The Hall–Kier alpha value is -3.69. The number of hydrogen-bond acceptors (Lipinski definition) is 6. The van der Waals surface area contributed by atoms with Gasteiger partial charge in [-0.15, -0.1) is 0 Å². The molecule has 2 amide bonds. The Bertz CT molecular complexity index is 1310. The van der Waals surface area contributed by atoms with Crippen molar-refractivity contribution in [3.8, 4) is 5.75 Å². The number of rotatable bonds is 10. The number of nitrogens with one attached hydrogen (secondary N) is 3. The molecule has 9 heteroatoms. The fourth-order valence-corrected chi connectivity index (χ4v) is 6.01. The minimum atomic E-state index is -0.731. The SMILES string of the molecule is COc1ccc2c(C(=O)C(=O)N(CCN3CCNCC3)C(C(=O)Nc3ccccc3)C3CCCCC3)c[nH]c2c1. The lowest BCUT2D eigenvalue weighted by molar-refractivity contribution is -0.137. The fraction of sp³-hybridized carbons (Fsp3) is 0.452. The predicted molar refractivity (Wildman–Crippen MR) is 156 cm³/mol. The zero-order chi connectivity index (χ0) is 27.9. The summed E-state index contributed by atoms with van der Waals surface area (Å²) in [6, 6.07) is 14.0. The normalized spacial score (nSPS) is 17.3. The average Bonchev–Trinajstić information content (AvgIpc) is 3.43. The molecule has 1 aliphatic heterocycles. The number of nitrogens with zero attached hydrogens (tertiary/aromatic N) is 2. The largest absolute Gasteiger partial charge is 0.497 e. The molecule has 0 radical (unpaired) electrons.